The normalized spacial score (nSPS) is 24.7. The van der Waals surface area contributed by atoms with Crippen molar-refractivity contribution in [2.24, 2.45) is 5.41 Å². The maximum atomic E-state index is 13.1. The molecule has 1 aromatic heterocycles. The van der Waals surface area contributed by atoms with Crippen LogP contribution in [0.1, 0.15) is 30.5 Å². The van der Waals surface area contributed by atoms with Crippen LogP contribution >= 0.6 is 11.5 Å². The van der Waals surface area contributed by atoms with Crippen molar-refractivity contribution in [3.05, 3.63) is 46.7 Å². The van der Waals surface area contributed by atoms with Crippen LogP contribution in [0, 0.1) is 11.2 Å². The minimum Gasteiger partial charge on any atom is -0.392 e. The van der Waals surface area contributed by atoms with E-state index >= 15 is 0 Å². The third-order valence-electron chi connectivity index (χ3n) is 4.52. The Hall–Kier alpha value is -1.37. The molecule has 1 heterocycles. The van der Waals surface area contributed by atoms with Crippen LogP contribution in [0.3, 0.4) is 0 Å². The lowest BCUT2D eigenvalue weighted by atomic mass is 9.78. The van der Waals surface area contributed by atoms with Gasteiger partial charge in [0.25, 0.3) is 0 Å². The van der Waals surface area contributed by atoms with E-state index in [1.165, 1.54) is 23.7 Å². The number of aliphatic hydroxyl groups is 1. The Morgan fingerprint density at radius 2 is 2.18 bits per heavy atom. The molecule has 0 unspecified atom stereocenters. The van der Waals surface area contributed by atoms with Gasteiger partial charge in [0.1, 0.15) is 5.82 Å². The Morgan fingerprint density at radius 1 is 1.36 bits per heavy atom. The Bertz CT molecular complexity index is 590. The zero-order valence-electron chi connectivity index (χ0n) is 12.3. The largest absolute Gasteiger partial charge is 0.392 e. The fourth-order valence-corrected chi connectivity index (χ4v) is 3.76. The number of benzene rings is 1. The molecular formula is C16H20FN3OS. The van der Waals surface area contributed by atoms with Crippen molar-refractivity contribution in [2.45, 2.75) is 38.3 Å². The van der Waals surface area contributed by atoms with E-state index in [1.54, 1.807) is 0 Å². The number of hydrogen-bond acceptors (Lipinski definition) is 5. The van der Waals surface area contributed by atoms with Gasteiger partial charge < -0.3 is 10.4 Å². The van der Waals surface area contributed by atoms with Crippen molar-refractivity contribution in [2.75, 3.05) is 6.54 Å². The van der Waals surface area contributed by atoms with Gasteiger partial charge in [0, 0.05) is 23.9 Å². The molecule has 0 amide bonds. The van der Waals surface area contributed by atoms with Gasteiger partial charge in [0.2, 0.25) is 0 Å². The van der Waals surface area contributed by atoms with Gasteiger partial charge in [-0.3, -0.25) is 0 Å². The van der Waals surface area contributed by atoms with Crippen LogP contribution in [-0.2, 0) is 13.0 Å². The highest BCUT2D eigenvalue weighted by Gasteiger charge is 2.41. The summed E-state index contributed by atoms with van der Waals surface area (Å²) in [5, 5.41) is 19.8. The standard InChI is InChI=1S/C16H20FN3OS/c17-13-5-3-12(4-6-13)8-16(7-1-2-15(16)21)11-18-9-14-10-22-20-19-14/h3-6,10,15,18,21H,1-2,7-9,11H2/t15-,16+/m1/s1. The van der Waals surface area contributed by atoms with Gasteiger partial charge in [-0.05, 0) is 48.5 Å². The third-order valence-corrected chi connectivity index (χ3v) is 5.07. The molecule has 0 bridgehead atoms. The van der Waals surface area contributed by atoms with E-state index in [2.05, 4.69) is 14.9 Å². The van der Waals surface area contributed by atoms with Crippen molar-refractivity contribution < 1.29 is 9.50 Å². The Balaban J connectivity index is 1.66. The highest BCUT2D eigenvalue weighted by Crippen LogP contribution is 2.40. The van der Waals surface area contributed by atoms with Crippen molar-refractivity contribution in [3.63, 3.8) is 0 Å². The maximum absolute atomic E-state index is 13.1. The average molecular weight is 321 g/mol. The predicted octanol–water partition coefficient (Wildman–Crippen LogP) is 2.54. The molecule has 3 rings (SSSR count). The van der Waals surface area contributed by atoms with Gasteiger partial charge in [-0.25, -0.2) is 4.39 Å². The van der Waals surface area contributed by atoms with E-state index in [0.717, 1.165) is 43.5 Å². The maximum Gasteiger partial charge on any atom is 0.123 e. The van der Waals surface area contributed by atoms with Crippen molar-refractivity contribution in [3.8, 4) is 0 Å². The molecule has 0 spiro atoms. The summed E-state index contributed by atoms with van der Waals surface area (Å²) in [6.07, 6.45) is 3.28. The molecule has 1 aliphatic rings. The second kappa shape index (κ2) is 6.81. The summed E-state index contributed by atoms with van der Waals surface area (Å²) in [4.78, 5) is 0. The Kier molecular flexibility index (Phi) is 4.81. The van der Waals surface area contributed by atoms with Gasteiger partial charge >= 0.3 is 0 Å². The molecular weight excluding hydrogens is 301 g/mol. The highest BCUT2D eigenvalue weighted by atomic mass is 32.1. The number of hydrogen-bond donors (Lipinski definition) is 2. The molecule has 118 valence electrons. The fraction of sp³-hybridized carbons (Fsp3) is 0.500. The smallest absolute Gasteiger partial charge is 0.123 e. The van der Waals surface area contributed by atoms with Crippen LogP contribution in [0.15, 0.2) is 29.6 Å². The zero-order chi connectivity index (χ0) is 15.4. The average Bonchev–Trinajstić information content (AvgIpc) is 3.13. The first kappa shape index (κ1) is 15.5. The second-order valence-electron chi connectivity index (χ2n) is 6.07. The molecule has 22 heavy (non-hydrogen) atoms. The van der Waals surface area contributed by atoms with Gasteiger partial charge in [0.05, 0.1) is 11.8 Å². The molecule has 6 heteroatoms. The zero-order valence-corrected chi connectivity index (χ0v) is 13.2. The number of nitrogens with zero attached hydrogens (tertiary/aromatic N) is 2. The molecule has 0 radical (unpaired) electrons. The first-order valence-electron chi connectivity index (χ1n) is 7.57. The fourth-order valence-electron chi connectivity index (χ4n) is 3.30. The van der Waals surface area contributed by atoms with Crippen molar-refractivity contribution in [1.29, 1.82) is 0 Å². The summed E-state index contributed by atoms with van der Waals surface area (Å²) in [6, 6.07) is 6.59. The lowest BCUT2D eigenvalue weighted by molar-refractivity contribution is 0.0518. The monoisotopic (exact) mass is 321 g/mol. The van der Waals surface area contributed by atoms with Gasteiger partial charge in [-0.1, -0.05) is 23.0 Å². The van der Waals surface area contributed by atoms with Gasteiger partial charge in [0.15, 0.2) is 0 Å². The molecule has 4 nitrogen and oxygen atoms in total. The van der Waals surface area contributed by atoms with E-state index in [9.17, 15) is 9.50 Å². The lowest BCUT2D eigenvalue weighted by Crippen LogP contribution is -2.41. The molecule has 2 N–H and O–H groups in total. The summed E-state index contributed by atoms with van der Waals surface area (Å²) < 4.78 is 16.9. The Labute approximate surface area is 133 Å². The minimum absolute atomic E-state index is 0.179. The van der Waals surface area contributed by atoms with Crippen LogP contribution in [0.25, 0.3) is 0 Å². The summed E-state index contributed by atoms with van der Waals surface area (Å²) in [6.45, 7) is 1.39. The Morgan fingerprint density at radius 3 is 2.82 bits per heavy atom. The summed E-state index contributed by atoms with van der Waals surface area (Å²) in [5.74, 6) is -0.223. The van der Waals surface area contributed by atoms with Crippen LogP contribution < -0.4 is 5.32 Å². The van der Waals surface area contributed by atoms with Crippen LogP contribution in [-0.4, -0.2) is 27.3 Å². The molecule has 2 aromatic rings. The molecule has 1 saturated carbocycles. The molecule has 1 aliphatic carbocycles. The van der Waals surface area contributed by atoms with Crippen LogP contribution in [0.5, 0.6) is 0 Å². The van der Waals surface area contributed by atoms with E-state index in [-0.39, 0.29) is 17.3 Å². The van der Waals surface area contributed by atoms with Crippen LogP contribution in [0.2, 0.25) is 0 Å². The molecule has 1 aromatic carbocycles. The summed E-state index contributed by atoms with van der Waals surface area (Å²) in [5.41, 5.74) is 1.82. The quantitative estimate of drug-likeness (QED) is 0.858. The summed E-state index contributed by atoms with van der Waals surface area (Å²) in [7, 11) is 0. The SMILES string of the molecule is O[C@@H]1CCC[C@@]1(CNCc1csnn1)Cc1ccc(F)cc1. The first-order chi connectivity index (χ1) is 10.7. The number of rotatable bonds is 6. The van der Waals surface area contributed by atoms with Gasteiger partial charge in [-0.2, -0.15) is 0 Å². The van der Waals surface area contributed by atoms with E-state index in [1.807, 2.05) is 17.5 Å². The van der Waals surface area contributed by atoms with E-state index < -0.39 is 0 Å². The number of nitrogens with one attached hydrogen (secondary N) is 1. The molecule has 1 fully saturated rings. The van der Waals surface area contributed by atoms with Crippen LogP contribution in [0.4, 0.5) is 4.39 Å². The predicted molar refractivity (Wildman–Crippen MR) is 84.0 cm³/mol. The van der Waals surface area contributed by atoms with E-state index in [0.29, 0.717) is 6.54 Å². The van der Waals surface area contributed by atoms with Crippen molar-refractivity contribution in [1.82, 2.24) is 14.9 Å². The molecule has 0 saturated heterocycles. The highest BCUT2D eigenvalue weighted by molar-refractivity contribution is 7.03. The minimum atomic E-state index is -0.321. The van der Waals surface area contributed by atoms with E-state index in [4.69, 9.17) is 0 Å². The second-order valence-corrected chi connectivity index (χ2v) is 6.68. The third kappa shape index (κ3) is 3.51. The van der Waals surface area contributed by atoms with Gasteiger partial charge in [-0.15, -0.1) is 5.10 Å². The topological polar surface area (TPSA) is 58.0 Å². The first-order valence-corrected chi connectivity index (χ1v) is 8.41. The lowest BCUT2D eigenvalue weighted by Gasteiger charge is -2.33. The molecule has 2 atom stereocenters. The molecule has 0 aliphatic heterocycles. The van der Waals surface area contributed by atoms with Crippen molar-refractivity contribution >= 4 is 11.5 Å². The number of aliphatic hydroxyl groups excluding tert-OH is 1. The number of aromatic nitrogens is 2. The summed E-state index contributed by atoms with van der Waals surface area (Å²) >= 11 is 1.34. The number of halogens is 1.